The highest BCUT2D eigenvalue weighted by molar-refractivity contribution is 7.55. The van der Waals surface area contributed by atoms with E-state index in [-0.39, 0.29) is 26.1 Å². The van der Waals surface area contributed by atoms with Crippen molar-refractivity contribution in [3.05, 3.63) is 0 Å². The van der Waals surface area contributed by atoms with Crippen LogP contribution in [0.1, 0.15) is 67.7 Å². The second-order valence-corrected chi connectivity index (χ2v) is 9.77. The first kappa shape index (κ1) is 21.1. The van der Waals surface area contributed by atoms with Crippen LogP contribution in [0, 0.1) is 0 Å². The van der Waals surface area contributed by atoms with Crippen LogP contribution in [0.5, 0.6) is 0 Å². The number of rotatable bonds is 8. The Labute approximate surface area is 141 Å². The van der Waals surface area contributed by atoms with Crippen molar-refractivity contribution in [1.29, 1.82) is 0 Å². The summed E-state index contributed by atoms with van der Waals surface area (Å²) < 4.78 is 24.1. The number of piperidine rings is 1. The molecule has 0 amide bonds. The smallest absolute Gasteiger partial charge is 0.362 e. The molecule has 0 aliphatic carbocycles. The minimum atomic E-state index is -3.65. The molecular formula is C16H34NO5P. The molecule has 0 unspecified atom stereocenters. The van der Waals surface area contributed by atoms with Gasteiger partial charge in [0.05, 0.1) is 19.8 Å². The Hall–Kier alpha value is 0.0300. The molecule has 1 aliphatic rings. The van der Waals surface area contributed by atoms with Crippen LogP contribution in [0.15, 0.2) is 0 Å². The van der Waals surface area contributed by atoms with Gasteiger partial charge in [-0.15, -0.1) is 0 Å². The van der Waals surface area contributed by atoms with Crippen molar-refractivity contribution in [2.24, 2.45) is 0 Å². The molecule has 0 bridgehead atoms. The van der Waals surface area contributed by atoms with Crippen LogP contribution < -0.4 is 0 Å². The molecule has 23 heavy (non-hydrogen) atoms. The highest BCUT2D eigenvalue weighted by Crippen LogP contribution is 2.66. The van der Waals surface area contributed by atoms with E-state index >= 15 is 0 Å². The lowest BCUT2D eigenvalue weighted by Crippen LogP contribution is -2.65. The van der Waals surface area contributed by atoms with E-state index in [0.717, 1.165) is 6.42 Å². The average Bonchev–Trinajstić information content (AvgIpc) is 2.36. The van der Waals surface area contributed by atoms with E-state index < -0.39 is 24.0 Å². The Kier molecular flexibility index (Phi) is 6.88. The largest absolute Gasteiger partial charge is 0.377 e. The minimum absolute atomic E-state index is 0.233. The molecule has 6 nitrogen and oxygen atoms in total. The molecule has 0 radical (unpaired) electrons. The van der Waals surface area contributed by atoms with Gasteiger partial charge in [-0.3, -0.25) is 9.40 Å². The van der Waals surface area contributed by atoms with E-state index in [1.807, 2.05) is 32.8 Å². The van der Waals surface area contributed by atoms with Crippen LogP contribution in [0.4, 0.5) is 0 Å². The van der Waals surface area contributed by atoms with Crippen LogP contribution in [0.3, 0.4) is 0 Å². The zero-order valence-electron chi connectivity index (χ0n) is 15.7. The standard InChI is InChI=1S/C16H34NO5P/c1-8-11-20-17-14(4,5)12-16(18,13-15(17,6)7)23(19,21-9-2)22-10-3/h18H,8-13H2,1-7H3. The van der Waals surface area contributed by atoms with Crippen LogP contribution in [0.2, 0.25) is 0 Å². The van der Waals surface area contributed by atoms with Crippen LogP contribution in [-0.4, -0.2) is 46.4 Å². The summed E-state index contributed by atoms with van der Waals surface area (Å²) in [5, 5.41) is 11.7. The molecule has 1 N–H and O–H groups in total. The van der Waals surface area contributed by atoms with Crippen LogP contribution in [-0.2, 0) is 18.5 Å². The second-order valence-electron chi connectivity index (χ2n) is 7.42. The fraction of sp³-hybridized carbons (Fsp3) is 1.00. The number of aliphatic hydroxyl groups is 1. The molecule has 138 valence electrons. The third kappa shape index (κ3) is 4.36. The zero-order chi connectivity index (χ0) is 17.9. The predicted octanol–water partition coefficient (Wildman–Crippen LogP) is 3.94. The normalized spacial score (nSPS) is 23.8. The molecule has 0 aromatic carbocycles. The summed E-state index contributed by atoms with van der Waals surface area (Å²) in [4.78, 5) is 5.94. The number of hydroxylamine groups is 2. The lowest BCUT2D eigenvalue weighted by molar-refractivity contribution is -0.298. The highest BCUT2D eigenvalue weighted by Gasteiger charge is 2.61. The third-order valence-electron chi connectivity index (χ3n) is 4.06. The number of hydrogen-bond acceptors (Lipinski definition) is 6. The van der Waals surface area contributed by atoms with Gasteiger partial charge >= 0.3 is 7.60 Å². The first-order valence-electron chi connectivity index (χ1n) is 8.53. The minimum Gasteiger partial charge on any atom is -0.377 e. The Morgan fingerprint density at radius 3 is 1.78 bits per heavy atom. The van der Waals surface area contributed by atoms with Crippen LogP contribution >= 0.6 is 7.60 Å². The molecule has 0 spiro atoms. The van der Waals surface area contributed by atoms with Crippen molar-refractivity contribution in [3.8, 4) is 0 Å². The Morgan fingerprint density at radius 2 is 1.43 bits per heavy atom. The molecule has 1 aliphatic heterocycles. The predicted molar refractivity (Wildman–Crippen MR) is 91.3 cm³/mol. The molecule has 1 heterocycles. The van der Waals surface area contributed by atoms with Crippen molar-refractivity contribution in [3.63, 3.8) is 0 Å². The zero-order valence-corrected chi connectivity index (χ0v) is 16.6. The van der Waals surface area contributed by atoms with Gasteiger partial charge in [-0.05, 0) is 48.0 Å². The summed E-state index contributed by atoms with van der Waals surface area (Å²) in [5.74, 6) is 0. The van der Waals surface area contributed by atoms with Crippen molar-refractivity contribution in [2.45, 2.75) is 84.1 Å². The molecule has 0 aromatic rings. The summed E-state index contributed by atoms with van der Waals surface area (Å²) in [6, 6.07) is 0. The van der Waals surface area contributed by atoms with Gasteiger partial charge in [0.25, 0.3) is 0 Å². The molecule has 0 saturated carbocycles. The van der Waals surface area contributed by atoms with E-state index in [9.17, 15) is 9.67 Å². The van der Waals surface area contributed by atoms with Gasteiger partial charge in [0.15, 0.2) is 5.34 Å². The lowest BCUT2D eigenvalue weighted by Gasteiger charge is -2.57. The van der Waals surface area contributed by atoms with Gasteiger partial charge in [0.1, 0.15) is 0 Å². The summed E-state index contributed by atoms with van der Waals surface area (Å²) in [5.41, 5.74) is -1.01. The van der Waals surface area contributed by atoms with Crippen molar-refractivity contribution in [1.82, 2.24) is 5.06 Å². The SMILES string of the molecule is CCCON1C(C)(C)CC(O)(P(=O)(OCC)OCC)CC1(C)C. The molecule has 1 rings (SSSR count). The van der Waals surface area contributed by atoms with E-state index in [1.54, 1.807) is 13.8 Å². The van der Waals surface area contributed by atoms with Gasteiger partial charge in [-0.1, -0.05) is 6.92 Å². The van der Waals surface area contributed by atoms with Crippen molar-refractivity contribution in [2.75, 3.05) is 19.8 Å². The van der Waals surface area contributed by atoms with Crippen molar-refractivity contribution >= 4 is 7.60 Å². The monoisotopic (exact) mass is 351 g/mol. The summed E-state index contributed by atoms with van der Waals surface area (Å²) in [6.45, 7) is 14.6. The Balaban J connectivity index is 3.19. The highest BCUT2D eigenvalue weighted by atomic mass is 31.2. The quantitative estimate of drug-likeness (QED) is 0.668. The summed E-state index contributed by atoms with van der Waals surface area (Å²) in [7, 11) is -3.65. The van der Waals surface area contributed by atoms with Gasteiger partial charge in [-0.25, -0.2) is 0 Å². The molecule has 0 atom stereocenters. The first-order valence-corrected chi connectivity index (χ1v) is 10.1. The summed E-state index contributed by atoms with van der Waals surface area (Å²) >= 11 is 0. The van der Waals surface area contributed by atoms with Crippen molar-refractivity contribution < 1.29 is 23.6 Å². The maximum absolute atomic E-state index is 13.2. The second kappa shape index (κ2) is 7.51. The van der Waals surface area contributed by atoms with E-state index in [2.05, 4.69) is 6.92 Å². The molecule has 1 saturated heterocycles. The van der Waals surface area contributed by atoms with E-state index in [4.69, 9.17) is 13.9 Å². The summed E-state index contributed by atoms with van der Waals surface area (Å²) in [6.07, 6.45) is 1.41. The fourth-order valence-electron chi connectivity index (χ4n) is 3.75. The number of hydrogen-bond donors (Lipinski definition) is 1. The lowest BCUT2D eigenvalue weighted by atomic mass is 9.80. The first-order chi connectivity index (χ1) is 10.5. The molecule has 7 heteroatoms. The third-order valence-corrected chi connectivity index (χ3v) is 6.60. The van der Waals surface area contributed by atoms with E-state index in [1.165, 1.54) is 0 Å². The Morgan fingerprint density at radius 1 is 1.00 bits per heavy atom. The molecule has 0 aromatic heterocycles. The molecule has 1 fully saturated rings. The average molecular weight is 351 g/mol. The van der Waals surface area contributed by atoms with Gasteiger partial charge in [0.2, 0.25) is 0 Å². The maximum Gasteiger partial charge on any atom is 0.362 e. The van der Waals surface area contributed by atoms with Gasteiger partial charge in [-0.2, -0.15) is 5.06 Å². The fourth-order valence-corrected chi connectivity index (χ4v) is 6.15. The Bertz CT molecular complexity index is 410. The maximum atomic E-state index is 13.2. The van der Waals surface area contributed by atoms with Gasteiger partial charge < -0.3 is 14.2 Å². The molecular weight excluding hydrogens is 317 g/mol. The topological polar surface area (TPSA) is 68.2 Å². The number of nitrogens with zero attached hydrogens (tertiary/aromatic N) is 1. The van der Waals surface area contributed by atoms with Crippen LogP contribution in [0.25, 0.3) is 0 Å². The van der Waals surface area contributed by atoms with Gasteiger partial charge in [0, 0.05) is 23.9 Å². The van der Waals surface area contributed by atoms with E-state index in [0.29, 0.717) is 6.61 Å².